The van der Waals surface area contributed by atoms with Crippen LogP contribution in [0.2, 0.25) is 0 Å². The summed E-state index contributed by atoms with van der Waals surface area (Å²) in [5, 5.41) is 25.1. The van der Waals surface area contributed by atoms with Crippen molar-refractivity contribution in [3.8, 4) is 6.19 Å². The summed E-state index contributed by atoms with van der Waals surface area (Å²) >= 11 is 2.84. The summed E-state index contributed by atoms with van der Waals surface area (Å²) < 4.78 is 0. The van der Waals surface area contributed by atoms with Gasteiger partial charge in [0.25, 0.3) is 0 Å². The van der Waals surface area contributed by atoms with Gasteiger partial charge in [-0.25, -0.2) is 0 Å². The molecule has 0 fully saturated rings. The monoisotopic (exact) mass is 242 g/mol. The molecule has 1 heterocycles. The van der Waals surface area contributed by atoms with Gasteiger partial charge >= 0.3 is 0 Å². The van der Waals surface area contributed by atoms with Gasteiger partial charge in [0, 0.05) is 19.3 Å². The lowest BCUT2D eigenvalue weighted by molar-refractivity contribution is 0.507. The molecule has 0 saturated heterocycles. The normalized spacial score (nSPS) is 9.67. The van der Waals surface area contributed by atoms with Gasteiger partial charge in [0.1, 0.15) is 0 Å². The van der Waals surface area contributed by atoms with E-state index in [1.807, 2.05) is 12.4 Å². The standard InChI is InChI=1S/C7H10N6S2/c1-13(5-8)3-4-15-7-11-9-6(14-2)10-12-7/h3-4H2,1-2H3. The van der Waals surface area contributed by atoms with E-state index in [2.05, 4.69) is 20.4 Å². The second-order valence-corrected chi connectivity index (χ2v) is 4.37. The molecule has 0 bridgehead atoms. The smallest absolute Gasteiger partial charge is 0.230 e. The van der Waals surface area contributed by atoms with Gasteiger partial charge in [0.15, 0.2) is 6.19 Å². The fraction of sp³-hybridized carbons (Fsp3) is 0.571. The first-order chi connectivity index (χ1) is 7.26. The van der Waals surface area contributed by atoms with Gasteiger partial charge in [0.05, 0.1) is 0 Å². The van der Waals surface area contributed by atoms with E-state index in [1.165, 1.54) is 23.5 Å². The number of hydrogen-bond acceptors (Lipinski definition) is 8. The Hall–Kier alpha value is -1.07. The van der Waals surface area contributed by atoms with Gasteiger partial charge in [-0.2, -0.15) is 5.26 Å². The minimum Gasteiger partial charge on any atom is -0.313 e. The topological polar surface area (TPSA) is 78.6 Å². The van der Waals surface area contributed by atoms with E-state index in [0.717, 1.165) is 5.75 Å². The third-order valence-electron chi connectivity index (χ3n) is 1.45. The zero-order chi connectivity index (χ0) is 11.1. The van der Waals surface area contributed by atoms with Gasteiger partial charge in [-0.15, -0.1) is 20.4 Å². The Morgan fingerprint density at radius 3 is 2.40 bits per heavy atom. The van der Waals surface area contributed by atoms with Crippen LogP contribution in [0.4, 0.5) is 0 Å². The van der Waals surface area contributed by atoms with Crippen LogP contribution in [0.25, 0.3) is 0 Å². The molecular weight excluding hydrogens is 232 g/mol. The summed E-state index contributed by atoms with van der Waals surface area (Å²) in [5.74, 6) is 0.742. The molecule has 0 spiro atoms. The SMILES string of the molecule is CSc1nnc(SCCN(C)C#N)nn1. The van der Waals surface area contributed by atoms with Crippen LogP contribution in [0.3, 0.4) is 0 Å². The average Bonchev–Trinajstić information content (AvgIpc) is 2.29. The van der Waals surface area contributed by atoms with E-state index in [4.69, 9.17) is 5.26 Å². The van der Waals surface area contributed by atoms with Gasteiger partial charge < -0.3 is 4.90 Å². The Morgan fingerprint density at radius 1 is 1.27 bits per heavy atom. The highest BCUT2D eigenvalue weighted by Gasteiger charge is 2.01. The molecule has 0 amide bonds. The van der Waals surface area contributed by atoms with Gasteiger partial charge in [-0.05, 0) is 6.26 Å². The van der Waals surface area contributed by atoms with Crippen molar-refractivity contribution < 1.29 is 0 Å². The third kappa shape index (κ3) is 4.31. The maximum absolute atomic E-state index is 8.51. The summed E-state index contributed by atoms with van der Waals surface area (Å²) in [6.45, 7) is 0.662. The molecule has 0 atom stereocenters. The molecule has 80 valence electrons. The average molecular weight is 242 g/mol. The summed E-state index contributed by atoms with van der Waals surface area (Å²) in [6, 6.07) is 0. The van der Waals surface area contributed by atoms with Crippen molar-refractivity contribution in [3.05, 3.63) is 0 Å². The Bertz CT molecular complexity index is 334. The van der Waals surface area contributed by atoms with Crippen molar-refractivity contribution >= 4 is 23.5 Å². The molecule has 0 aliphatic heterocycles. The molecule has 6 nitrogen and oxygen atoms in total. The molecular formula is C7H10N6S2. The summed E-state index contributed by atoms with van der Waals surface area (Å²) in [6.07, 6.45) is 3.88. The van der Waals surface area contributed by atoms with Gasteiger partial charge in [-0.1, -0.05) is 23.5 Å². The Balaban J connectivity index is 2.35. The zero-order valence-corrected chi connectivity index (χ0v) is 10.0. The first-order valence-electron chi connectivity index (χ1n) is 4.11. The van der Waals surface area contributed by atoms with Gasteiger partial charge in [-0.3, -0.25) is 0 Å². The molecule has 1 aromatic rings. The number of nitriles is 1. The lowest BCUT2D eigenvalue weighted by atomic mass is 10.7. The van der Waals surface area contributed by atoms with Crippen LogP contribution in [0, 0.1) is 11.5 Å². The molecule has 0 aliphatic carbocycles. The predicted octanol–water partition coefficient (Wildman–Crippen LogP) is 0.493. The van der Waals surface area contributed by atoms with Crippen LogP contribution in [0.15, 0.2) is 10.3 Å². The van der Waals surface area contributed by atoms with Crippen molar-refractivity contribution in [1.29, 1.82) is 5.26 Å². The van der Waals surface area contributed by atoms with E-state index >= 15 is 0 Å². The van der Waals surface area contributed by atoms with Crippen LogP contribution in [0.1, 0.15) is 0 Å². The summed E-state index contributed by atoms with van der Waals surface area (Å²) in [4.78, 5) is 1.55. The predicted molar refractivity (Wildman–Crippen MR) is 58.4 cm³/mol. The molecule has 1 aromatic heterocycles. The molecule has 0 aliphatic rings. The maximum atomic E-state index is 8.51. The van der Waals surface area contributed by atoms with Gasteiger partial charge in [0.2, 0.25) is 10.3 Å². The highest BCUT2D eigenvalue weighted by atomic mass is 32.2. The van der Waals surface area contributed by atoms with Crippen molar-refractivity contribution in [2.75, 3.05) is 25.6 Å². The first kappa shape index (κ1) is 12.0. The van der Waals surface area contributed by atoms with E-state index in [-0.39, 0.29) is 0 Å². The van der Waals surface area contributed by atoms with Crippen molar-refractivity contribution in [3.63, 3.8) is 0 Å². The molecule has 1 rings (SSSR count). The Labute approximate surface area is 96.5 Å². The van der Waals surface area contributed by atoms with Crippen LogP contribution < -0.4 is 0 Å². The Kier molecular flexibility index (Phi) is 5.14. The number of hydrogen-bond donors (Lipinski definition) is 0. The highest BCUT2D eigenvalue weighted by Crippen LogP contribution is 2.11. The number of aromatic nitrogens is 4. The van der Waals surface area contributed by atoms with Crippen molar-refractivity contribution in [1.82, 2.24) is 25.3 Å². The maximum Gasteiger partial charge on any atom is 0.230 e. The zero-order valence-electron chi connectivity index (χ0n) is 8.41. The van der Waals surface area contributed by atoms with Crippen LogP contribution >= 0.6 is 23.5 Å². The largest absolute Gasteiger partial charge is 0.313 e. The van der Waals surface area contributed by atoms with Crippen LogP contribution in [0.5, 0.6) is 0 Å². The number of nitrogens with zero attached hydrogens (tertiary/aromatic N) is 6. The first-order valence-corrected chi connectivity index (χ1v) is 6.32. The summed E-state index contributed by atoms with van der Waals surface area (Å²) in [7, 11) is 1.73. The van der Waals surface area contributed by atoms with E-state index in [1.54, 1.807) is 11.9 Å². The molecule has 0 aromatic carbocycles. The minimum atomic E-state index is 0.541. The van der Waals surface area contributed by atoms with Crippen molar-refractivity contribution in [2.45, 2.75) is 10.3 Å². The quantitative estimate of drug-likeness (QED) is 0.419. The van der Waals surface area contributed by atoms with Crippen LogP contribution in [-0.2, 0) is 0 Å². The van der Waals surface area contributed by atoms with E-state index < -0.39 is 0 Å². The summed E-state index contributed by atoms with van der Waals surface area (Å²) in [5.41, 5.74) is 0. The molecule has 0 radical (unpaired) electrons. The third-order valence-corrected chi connectivity index (χ3v) is 2.79. The molecule has 0 N–H and O–H groups in total. The molecule has 15 heavy (non-hydrogen) atoms. The Morgan fingerprint density at radius 2 is 1.87 bits per heavy atom. The second kappa shape index (κ2) is 6.42. The fourth-order valence-electron chi connectivity index (χ4n) is 0.674. The molecule has 8 heteroatoms. The second-order valence-electron chi connectivity index (χ2n) is 2.54. The minimum absolute atomic E-state index is 0.541. The number of thioether (sulfide) groups is 2. The highest BCUT2D eigenvalue weighted by molar-refractivity contribution is 7.99. The van der Waals surface area contributed by atoms with Crippen molar-refractivity contribution in [2.24, 2.45) is 0 Å². The molecule has 0 unspecified atom stereocenters. The number of rotatable bonds is 5. The van der Waals surface area contributed by atoms with Crippen LogP contribution in [-0.4, -0.2) is 50.9 Å². The lowest BCUT2D eigenvalue weighted by Crippen LogP contribution is -2.14. The lowest BCUT2D eigenvalue weighted by Gasteiger charge is -2.06. The van der Waals surface area contributed by atoms with E-state index in [0.29, 0.717) is 16.9 Å². The van der Waals surface area contributed by atoms with E-state index in [9.17, 15) is 0 Å². The molecule has 0 saturated carbocycles. The fourth-order valence-corrected chi connectivity index (χ4v) is 1.66.